The van der Waals surface area contributed by atoms with E-state index in [1.54, 1.807) is 18.3 Å². The third-order valence-electron chi connectivity index (χ3n) is 3.39. The number of aromatic nitrogens is 3. The molecule has 2 aromatic heterocycles. The van der Waals surface area contributed by atoms with E-state index in [2.05, 4.69) is 25.6 Å². The van der Waals surface area contributed by atoms with E-state index in [9.17, 15) is 9.90 Å². The van der Waals surface area contributed by atoms with Gasteiger partial charge in [-0.25, -0.2) is 14.8 Å². The molecule has 0 aliphatic heterocycles. The lowest BCUT2D eigenvalue weighted by molar-refractivity contribution is 0.252. The molecule has 0 spiro atoms. The minimum absolute atomic E-state index is 0.0340. The van der Waals surface area contributed by atoms with Crippen LogP contribution in [-0.4, -0.2) is 32.6 Å². The van der Waals surface area contributed by atoms with Gasteiger partial charge in [0.15, 0.2) is 5.65 Å². The summed E-state index contributed by atoms with van der Waals surface area (Å²) in [7, 11) is 0. The number of rotatable bonds is 4. The number of anilines is 1. The summed E-state index contributed by atoms with van der Waals surface area (Å²) < 4.78 is 0. The van der Waals surface area contributed by atoms with Gasteiger partial charge in [-0.05, 0) is 30.7 Å². The van der Waals surface area contributed by atoms with Crippen LogP contribution in [0, 0.1) is 0 Å². The number of nitrogens with one attached hydrogen (secondary N) is 2. The van der Waals surface area contributed by atoms with E-state index in [1.807, 2.05) is 31.2 Å². The zero-order chi connectivity index (χ0) is 16.9. The summed E-state index contributed by atoms with van der Waals surface area (Å²) in [5.41, 5.74) is 3.38. The first-order valence-electron chi connectivity index (χ1n) is 7.58. The van der Waals surface area contributed by atoms with Crippen LogP contribution in [0.5, 0.6) is 0 Å². The van der Waals surface area contributed by atoms with Crippen molar-refractivity contribution >= 4 is 23.0 Å². The molecule has 0 saturated heterocycles. The van der Waals surface area contributed by atoms with Gasteiger partial charge in [0.25, 0.3) is 0 Å². The van der Waals surface area contributed by atoms with Gasteiger partial charge in [-0.1, -0.05) is 18.2 Å². The minimum atomic E-state index is -0.316. The Kier molecular flexibility index (Phi) is 4.62. The molecular weight excluding hydrogens is 306 g/mol. The molecule has 1 aromatic carbocycles. The maximum atomic E-state index is 11.6. The number of amides is 2. The van der Waals surface area contributed by atoms with Crippen LogP contribution in [-0.2, 0) is 6.61 Å². The first-order valence-corrected chi connectivity index (χ1v) is 7.58. The molecular formula is C17H17N5O2. The van der Waals surface area contributed by atoms with E-state index < -0.39 is 0 Å². The van der Waals surface area contributed by atoms with Gasteiger partial charge in [0.2, 0.25) is 0 Å². The zero-order valence-electron chi connectivity index (χ0n) is 13.2. The predicted octanol–water partition coefficient (Wildman–Crippen LogP) is 2.33. The first kappa shape index (κ1) is 15.8. The van der Waals surface area contributed by atoms with Gasteiger partial charge < -0.3 is 10.4 Å². The van der Waals surface area contributed by atoms with Crippen molar-refractivity contribution in [2.75, 3.05) is 11.9 Å². The number of aliphatic hydroxyl groups is 1. The Hall–Kier alpha value is -3.06. The first-order chi connectivity index (χ1) is 11.7. The zero-order valence-corrected chi connectivity index (χ0v) is 13.2. The van der Waals surface area contributed by atoms with Crippen molar-refractivity contribution in [3.05, 3.63) is 48.2 Å². The lowest BCUT2D eigenvalue weighted by atomic mass is 10.1. The number of carbonyl (C=O) groups is 1. The number of urea groups is 1. The molecule has 0 aliphatic carbocycles. The second-order valence-electron chi connectivity index (χ2n) is 5.14. The lowest BCUT2D eigenvalue weighted by Crippen LogP contribution is -2.28. The van der Waals surface area contributed by atoms with Crippen molar-refractivity contribution in [2.24, 2.45) is 0 Å². The number of aliphatic hydroxyl groups excluding tert-OH is 1. The highest BCUT2D eigenvalue weighted by Crippen LogP contribution is 2.20. The van der Waals surface area contributed by atoms with Crippen molar-refractivity contribution in [1.82, 2.24) is 20.3 Å². The van der Waals surface area contributed by atoms with Gasteiger partial charge in [0.1, 0.15) is 11.3 Å². The van der Waals surface area contributed by atoms with E-state index in [1.165, 1.54) is 0 Å². The number of hydrogen-bond acceptors (Lipinski definition) is 5. The Morgan fingerprint density at radius 2 is 2.08 bits per heavy atom. The summed E-state index contributed by atoms with van der Waals surface area (Å²) in [6.07, 6.45) is 1.66. The van der Waals surface area contributed by atoms with E-state index >= 15 is 0 Å². The fourth-order valence-electron chi connectivity index (χ4n) is 2.26. The van der Waals surface area contributed by atoms with Gasteiger partial charge in [-0.15, -0.1) is 0 Å². The van der Waals surface area contributed by atoms with Gasteiger partial charge in [0.05, 0.1) is 18.5 Å². The van der Waals surface area contributed by atoms with Crippen LogP contribution in [0.3, 0.4) is 0 Å². The van der Waals surface area contributed by atoms with Crippen LogP contribution in [0.25, 0.3) is 22.4 Å². The SMILES string of the molecule is CCNC(=O)Nc1ccc2ncc(-c3cccc(CO)c3)nc2n1. The molecule has 0 atom stereocenters. The predicted molar refractivity (Wildman–Crippen MR) is 91.4 cm³/mol. The largest absolute Gasteiger partial charge is 0.392 e. The molecule has 0 unspecified atom stereocenters. The van der Waals surface area contributed by atoms with E-state index in [0.717, 1.165) is 11.1 Å². The summed E-state index contributed by atoms with van der Waals surface area (Å²) in [5.74, 6) is 0.406. The molecule has 0 saturated carbocycles. The fourth-order valence-corrected chi connectivity index (χ4v) is 2.26. The smallest absolute Gasteiger partial charge is 0.320 e. The number of fused-ring (bicyclic) bond motifs is 1. The summed E-state index contributed by atoms with van der Waals surface area (Å²) in [4.78, 5) is 24.8. The molecule has 0 radical (unpaired) electrons. The van der Waals surface area contributed by atoms with Gasteiger partial charge >= 0.3 is 6.03 Å². The average molecular weight is 323 g/mol. The quantitative estimate of drug-likeness (QED) is 0.684. The van der Waals surface area contributed by atoms with E-state index in [-0.39, 0.29) is 12.6 Å². The molecule has 2 amide bonds. The van der Waals surface area contributed by atoms with Crippen LogP contribution < -0.4 is 10.6 Å². The molecule has 3 aromatic rings. The van der Waals surface area contributed by atoms with Crippen LogP contribution in [0.2, 0.25) is 0 Å². The topological polar surface area (TPSA) is 100 Å². The Bertz CT molecular complexity index is 882. The van der Waals surface area contributed by atoms with Crippen molar-refractivity contribution in [3.8, 4) is 11.3 Å². The Labute approximate surface area is 138 Å². The Balaban J connectivity index is 1.95. The molecule has 3 rings (SSSR count). The maximum absolute atomic E-state index is 11.6. The van der Waals surface area contributed by atoms with Gasteiger partial charge in [-0.3, -0.25) is 10.3 Å². The highest BCUT2D eigenvalue weighted by atomic mass is 16.3. The van der Waals surface area contributed by atoms with Crippen LogP contribution in [0.15, 0.2) is 42.6 Å². The molecule has 0 fully saturated rings. The van der Waals surface area contributed by atoms with Crippen molar-refractivity contribution in [2.45, 2.75) is 13.5 Å². The molecule has 0 bridgehead atoms. The summed E-state index contributed by atoms with van der Waals surface area (Å²) in [6, 6.07) is 10.6. The minimum Gasteiger partial charge on any atom is -0.392 e. The van der Waals surface area contributed by atoms with E-state index in [0.29, 0.717) is 29.2 Å². The van der Waals surface area contributed by atoms with Crippen LogP contribution in [0.4, 0.5) is 10.6 Å². The number of nitrogens with zero attached hydrogens (tertiary/aromatic N) is 3. The highest BCUT2D eigenvalue weighted by molar-refractivity contribution is 5.89. The third-order valence-corrected chi connectivity index (χ3v) is 3.39. The number of hydrogen-bond donors (Lipinski definition) is 3. The average Bonchev–Trinajstić information content (AvgIpc) is 2.61. The normalized spacial score (nSPS) is 10.6. The standard InChI is InChI=1S/C17H17N5O2/c1-2-18-17(24)22-15-7-6-13-16(21-15)20-14(9-19-13)12-5-3-4-11(8-12)10-23/h3-9,23H,2,10H2,1H3,(H2,18,20,21,22,24). The Morgan fingerprint density at radius 1 is 1.21 bits per heavy atom. The molecule has 2 heterocycles. The summed E-state index contributed by atoms with van der Waals surface area (Å²) in [5, 5.41) is 14.5. The molecule has 24 heavy (non-hydrogen) atoms. The second kappa shape index (κ2) is 7.01. The molecule has 122 valence electrons. The Morgan fingerprint density at radius 3 is 2.88 bits per heavy atom. The van der Waals surface area contributed by atoms with Crippen LogP contribution >= 0.6 is 0 Å². The summed E-state index contributed by atoms with van der Waals surface area (Å²) in [6.45, 7) is 2.34. The highest BCUT2D eigenvalue weighted by Gasteiger charge is 2.07. The summed E-state index contributed by atoms with van der Waals surface area (Å²) >= 11 is 0. The van der Waals surface area contributed by atoms with Gasteiger partial charge in [0, 0.05) is 12.1 Å². The molecule has 7 nitrogen and oxygen atoms in total. The molecule has 7 heteroatoms. The van der Waals surface area contributed by atoms with Crippen LogP contribution in [0.1, 0.15) is 12.5 Å². The monoisotopic (exact) mass is 323 g/mol. The van der Waals surface area contributed by atoms with E-state index in [4.69, 9.17) is 0 Å². The van der Waals surface area contributed by atoms with Crippen molar-refractivity contribution in [3.63, 3.8) is 0 Å². The fraction of sp³-hybridized carbons (Fsp3) is 0.176. The number of carbonyl (C=O) groups excluding carboxylic acids is 1. The second-order valence-corrected chi connectivity index (χ2v) is 5.14. The molecule has 0 aliphatic rings. The third kappa shape index (κ3) is 3.47. The molecule has 3 N–H and O–H groups in total. The maximum Gasteiger partial charge on any atom is 0.320 e. The number of benzene rings is 1. The lowest BCUT2D eigenvalue weighted by Gasteiger charge is -2.07. The van der Waals surface area contributed by atoms with Gasteiger partial charge in [-0.2, -0.15) is 0 Å². The number of pyridine rings is 1. The van der Waals surface area contributed by atoms with Crippen molar-refractivity contribution < 1.29 is 9.90 Å². The van der Waals surface area contributed by atoms with Crippen molar-refractivity contribution in [1.29, 1.82) is 0 Å².